The van der Waals surface area contributed by atoms with Crippen LogP contribution in [0.1, 0.15) is 28.9 Å². The number of esters is 1. The van der Waals surface area contributed by atoms with Crippen molar-refractivity contribution in [1.82, 2.24) is 0 Å². The quantitative estimate of drug-likeness (QED) is 0.802. The molecule has 2 aromatic rings. The zero-order valence-corrected chi connectivity index (χ0v) is 11.0. The number of carbonyl (C=O) groups excluding carboxylic acids is 1. The molecule has 0 saturated carbocycles. The summed E-state index contributed by atoms with van der Waals surface area (Å²) >= 11 is 0. The number of hydrogen-bond donors (Lipinski definition) is 0. The second-order valence-corrected chi connectivity index (χ2v) is 4.49. The number of para-hydroxylation sites is 1. The lowest BCUT2D eigenvalue weighted by molar-refractivity contribution is 0.0332. The predicted octanol–water partition coefficient (Wildman–Crippen LogP) is 3.33. The molecule has 0 aromatic heterocycles. The smallest absolute Gasteiger partial charge is 0.338 e. The third-order valence-corrected chi connectivity index (χ3v) is 3.16. The number of rotatable bonds is 3. The second-order valence-electron chi connectivity index (χ2n) is 4.49. The second kappa shape index (κ2) is 5.25. The van der Waals surface area contributed by atoms with Crippen molar-refractivity contribution in [3.05, 3.63) is 59.7 Å². The van der Waals surface area contributed by atoms with Gasteiger partial charge in [0.25, 0.3) is 0 Å². The van der Waals surface area contributed by atoms with Gasteiger partial charge in [0.05, 0.1) is 5.56 Å². The van der Waals surface area contributed by atoms with Gasteiger partial charge in [0, 0.05) is 5.56 Å². The summed E-state index contributed by atoms with van der Waals surface area (Å²) in [5.74, 6) is 0.987. The van der Waals surface area contributed by atoms with Crippen molar-refractivity contribution < 1.29 is 19.0 Å². The molecule has 0 saturated heterocycles. The van der Waals surface area contributed by atoms with E-state index in [-0.39, 0.29) is 12.8 Å². The molecule has 3 rings (SSSR count). The minimum atomic E-state index is -0.403. The van der Waals surface area contributed by atoms with Gasteiger partial charge < -0.3 is 14.2 Å². The Hall–Kier alpha value is -2.49. The molecule has 4 heteroatoms. The number of ether oxygens (including phenoxy) is 3. The molecule has 0 N–H and O–H groups in total. The van der Waals surface area contributed by atoms with Crippen molar-refractivity contribution in [3.8, 4) is 11.5 Å². The van der Waals surface area contributed by atoms with E-state index in [1.54, 1.807) is 24.3 Å². The fourth-order valence-corrected chi connectivity index (χ4v) is 2.14. The first-order chi connectivity index (χ1) is 9.75. The van der Waals surface area contributed by atoms with Gasteiger partial charge >= 0.3 is 5.97 Å². The molecular formula is C16H14O4. The van der Waals surface area contributed by atoms with E-state index in [0.29, 0.717) is 17.1 Å². The van der Waals surface area contributed by atoms with E-state index in [4.69, 9.17) is 14.2 Å². The third-order valence-electron chi connectivity index (χ3n) is 3.16. The highest BCUT2D eigenvalue weighted by atomic mass is 16.7. The first-order valence-corrected chi connectivity index (χ1v) is 6.40. The summed E-state index contributed by atoms with van der Waals surface area (Å²) in [4.78, 5) is 12.0. The Morgan fingerprint density at radius 2 is 1.90 bits per heavy atom. The summed E-state index contributed by atoms with van der Waals surface area (Å²) in [6, 6.07) is 14.5. The summed E-state index contributed by atoms with van der Waals surface area (Å²) in [5, 5.41) is 0. The van der Waals surface area contributed by atoms with E-state index in [1.807, 2.05) is 31.2 Å². The molecule has 0 bridgehead atoms. The Labute approximate surface area is 116 Å². The highest BCUT2D eigenvalue weighted by molar-refractivity contribution is 5.89. The summed E-state index contributed by atoms with van der Waals surface area (Å²) in [6.45, 7) is 2.02. The topological polar surface area (TPSA) is 44.8 Å². The monoisotopic (exact) mass is 270 g/mol. The molecule has 0 aliphatic carbocycles. The van der Waals surface area contributed by atoms with Crippen molar-refractivity contribution in [3.63, 3.8) is 0 Å². The standard InChI is InChI=1S/C16H14O4/c1-11(20-16(17)12-6-3-2-4-7-12)13-8-5-9-14-15(13)19-10-18-14/h2-9,11H,10H2,1H3. The van der Waals surface area contributed by atoms with E-state index in [9.17, 15) is 4.79 Å². The fraction of sp³-hybridized carbons (Fsp3) is 0.188. The van der Waals surface area contributed by atoms with Gasteiger partial charge in [-0.3, -0.25) is 0 Å². The van der Waals surface area contributed by atoms with Crippen LogP contribution in [0, 0.1) is 0 Å². The lowest BCUT2D eigenvalue weighted by Crippen LogP contribution is -2.09. The molecule has 1 aliphatic heterocycles. The Bertz CT molecular complexity index is 622. The van der Waals surface area contributed by atoms with Crippen molar-refractivity contribution in [2.24, 2.45) is 0 Å². The molecule has 20 heavy (non-hydrogen) atoms. The summed E-state index contributed by atoms with van der Waals surface area (Å²) < 4.78 is 16.2. The number of fused-ring (bicyclic) bond motifs is 1. The molecule has 1 atom stereocenters. The van der Waals surface area contributed by atoms with Crippen LogP contribution in [0.2, 0.25) is 0 Å². The minimum absolute atomic E-state index is 0.200. The first kappa shape index (κ1) is 12.5. The Morgan fingerprint density at radius 1 is 1.10 bits per heavy atom. The molecule has 2 aromatic carbocycles. The highest BCUT2D eigenvalue weighted by Gasteiger charge is 2.23. The Morgan fingerprint density at radius 3 is 2.70 bits per heavy atom. The maximum absolute atomic E-state index is 12.0. The van der Waals surface area contributed by atoms with Gasteiger partial charge in [-0.25, -0.2) is 4.79 Å². The SMILES string of the molecule is CC(OC(=O)c1ccccc1)c1cccc2c1OCO2. The number of hydrogen-bond acceptors (Lipinski definition) is 4. The average Bonchev–Trinajstić information content (AvgIpc) is 2.96. The summed E-state index contributed by atoms with van der Waals surface area (Å²) in [5.41, 5.74) is 1.34. The number of benzene rings is 2. The van der Waals surface area contributed by atoms with E-state index < -0.39 is 6.10 Å². The van der Waals surface area contributed by atoms with Crippen LogP contribution in [0.25, 0.3) is 0 Å². The lowest BCUT2D eigenvalue weighted by Gasteiger charge is -2.15. The maximum atomic E-state index is 12.0. The van der Waals surface area contributed by atoms with Crippen molar-refractivity contribution in [2.75, 3.05) is 6.79 Å². The van der Waals surface area contributed by atoms with Gasteiger partial charge in [0.1, 0.15) is 6.10 Å². The molecule has 0 fully saturated rings. The van der Waals surface area contributed by atoms with Crippen LogP contribution in [0.15, 0.2) is 48.5 Å². The van der Waals surface area contributed by atoms with Crippen molar-refractivity contribution >= 4 is 5.97 Å². The van der Waals surface area contributed by atoms with Gasteiger partial charge in [-0.2, -0.15) is 0 Å². The molecule has 1 aliphatic rings. The summed E-state index contributed by atoms with van der Waals surface area (Å²) in [6.07, 6.45) is -0.403. The van der Waals surface area contributed by atoms with Crippen LogP contribution in [0.5, 0.6) is 11.5 Å². The maximum Gasteiger partial charge on any atom is 0.338 e. The molecular weight excluding hydrogens is 256 g/mol. The minimum Gasteiger partial charge on any atom is -0.454 e. The van der Waals surface area contributed by atoms with E-state index in [2.05, 4.69) is 0 Å². The zero-order chi connectivity index (χ0) is 13.9. The lowest BCUT2D eigenvalue weighted by atomic mass is 10.1. The van der Waals surface area contributed by atoms with Crippen LogP contribution in [0.4, 0.5) is 0 Å². The van der Waals surface area contributed by atoms with Crippen LogP contribution < -0.4 is 9.47 Å². The molecule has 1 unspecified atom stereocenters. The van der Waals surface area contributed by atoms with Gasteiger partial charge in [-0.1, -0.05) is 30.3 Å². The van der Waals surface area contributed by atoms with Crippen molar-refractivity contribution in [1.29, 1.82) is 0 Å². The third kappa shape index (κ3) is 2.32. The van der Waals surface area contributed by atoms with Gasteiger partial charge in [0.15, 0.2) is 11.5 Å². The molecule has 4 nitrogen and oxygen atoms in total. The molecule has 0 radical (unpaired) electrons. The fourth-order valence-electron chi connectivity index (χ4n) is 2.14. The van der Waals surface area contributed by atoms with Crippen LogP contribution in [-0.2, 0) is 4.74 Å². The van der Waals surface area contributed by atoms with E-state index in [1.165, 1.54) is 0 Å². The normalized spacial score (nSPS) is 13.8. The molecule has 0 spiro atoms. The van der Waals surface area contributed by atoms with Crippen LogP contribution in [-0.4, -0.2) is 12.8 Å². The largest absolute Gasteiger partial charge is 0.454 e. The highest BCUT2D eigenvalue weighted by Crippen LogP contribution is 2.39. The van der Waals surface area contributed by atoms with E-state index in [0.717, 1.165) is 5.56 Å². The van der Waals surface area contributed by atoms with Crippen molar-refractivity contribution in [2.45, 2.75) is 13.0 Å². The van der Waals surface area contributed by atoms with E-state index >= 15 is 0 Å². The Balaban J connectivity index is 1.79. The Kier molecular flexibility index (Phi) is 3.29. The predicted molar refractivity (Wildman–Crippen MR) is 72.8 cm³/mol. The van der Waals surface area contributed by atoms with Crippen LogP contribution in [0.3, 0.4) is 0 Å². The first-order valence-electron chi connectivity index (χ1n) is 6.40. The summed E-state index contributed by atoms with van der Waals surface area (Å²) in [7, 11) is 0. The van der Waals surface area contributed by atoms with Gasteiger partial charge in [-0.05, 0) is 25.1 Å². The van der Waals surface area contributed by atoms with Crippen LogP contribution >= 0.6 is 0 Å². The molecule has 1 heterocycles. The zero-order valence-electron chi connectivity index (χ0n) is 11.0. The number of carbonyl (C=O) groups is 1. The van der Waals surface area contributed by atoms with Gasteiger partial charge in [0.2, 0.25) is 6.79 Å². The average molecular weight is 270 g/mol. The molecule has 0 amide bonds. The van der Waals surface area contributed by atoms with Gasteiger partial charge in [-0.15, -0.1) is 0 Å². The molecule has 102 valence electrons.